The van der Waals surface area contributed by atoms with E-state index in [4.69, 9.17) is 0 Å². The number of hydrogen-bond acceptors (Lipinski definition) is 2. The Labute approximate surface area is 174 Å². The molecule has 0 saturated carbocycles. The van der Waals surface area contributed by atoms with Crippen LogP contribution in [0.3, 0.4) is 0 Å². The van der Waals surface area contributed by atoms with Crippen LogP contribution < -0.4 is 5.32 Å². The van der Waals surface area contributed by atoms with Crippen molar-refractivity contribution in [3.63, 3.8) is 0 Å². The molecule has 1 aliphatic rings. The predicted octanol–water partition coefficient (Wildman–Crippen LogP) is 5.79. The monoisotopic (exact) mass is 447 g/mol. The highest BCUT2D eigenvalue weighted by Gasteiger charge is 2.34. The van der Waals surface area contributed by atoms with Crippen molar-refractivity contribution in [2.75, 3.05) is 13.1 Å². The molecule has 1 fully saturated rings. The predicted molar refractivity (Wildman–Crippen MR) is 104 cm³/mol. The lowest BCUT2D eigenvalue weighted by Gasteiger charge is -2.19. The number of halogens is 7. The minimum absolute atomic E-state index is 0. The van der Waals surface area contributed by atoms with Gasteiger partial charge >= 0.3 is 12.4 Å². The second kappa shape index (κ2) is 9.06. The third kappa shape index (κ3) is 5.31. The molecule has 0 atom stereocenters. The van der Waals surface area contributed by atoms with Crippen LogP contribution in [0.15, 0.2) is 59.7 Å². The molecule has 0 unspecified atom stereocenters. The average molecular weight is 448 g/mol. The Balaban J connectivity index is 0.00000320. The number of piperidine rings is 1. The lowest BCUT2D eigenvalue weighted by Crippen LogP contribution is -2.33. The van der Waals surface area contributed by atoms with Crippen LogP contribution in [-0.2, 0) is 17.1 Å². The van der Waals surface area contributed by atoms with Crippen molar-refractivity contribution in [3.8, 4) is 0 Å². The maximum atomic E-state index is 13.2. The first kappa shape index (κ1) is 23.7. The highest BCUT2D eigenvalue weighted by atomic mass is 35.5. The van der Waals surface area contributed by atoms with Crippen LogP contribution in [0.25, 0.3) is 12.2 Å². The number of carbonyl (C=O) groups excluding carboxylic acids is 1. The molecule has 0 bridgehead atoms. The van der Waals surface area contributed by atoms with Gasteiger partial charge in [-0.25, -0.2) is 0 Å². The van der Waals surface area contributed by atoms with Gasteiger partial charge in [-0.05, 0) is 35.4 Å². The molecule has 0 amide bonds. The van der Waals surface area contributed by atoms with Gasteiger partial charge in [-0.15, -0.1) is 12.4 Å². The van der Waals surface area contributed by atoms with E-state index >= 15 is 0 Å². The number of nitrogens with one attached hydrogen (secondary N) is 1. The summed E-state index contributed by atoms with van der Waals surface area (Å²) in [7, 11) is 0. The number of rotatable bonds is 2. The van der Waals surface area contributed by atoms with Gasteiger partial charge in [0.2, 0.25) is 0 Å². The Morgan fingerprint density at radius 3 is 1.43 bits per heavy atom. The van der Waals surface area contributed by atoms with Crippen LogP contribution in [-0.4, -0.2) is 18.9 Å². The van der Waals surface area contributed by atoms with E-state index in [0.717, 1.165) is 24.3 Å². The van der Waals surface area contributed by atoms with E-state index in [1.807, 2.05) is 0 Å². The average Bonchev–Trinajstić information content (AvgIpc) is 2.64. The summed E-state index contributed by atoms with van der Waals surface area (Å²) in [5.41, 5.74) is -2.05. The highest BCUT2D eigenvalue weighted by Crippen LogP contribution is 2.34. The van der Waals surface area contributed by atoms with Gasteiger partial charge in [0.05, 0.1) is 11.1 Å². The summed E-state index contributed by atoms with van der Waals surface area (Å²) in [6, 6.07) is 9.60. The molecule has 30 heavy (non-hydrogen) atoms. The molecule has 1 saturated heterocycles. The fourth-order valence-electron chi connectivity index (χ4n) is 3.07. The van der Waals surface area contributed by atoms with E-state index in [9.17, 15) is 31.1 Å². The molecule has 0 spiro atoms. The maximum absolute atomic E-state index is 13.2. The standard InChI is InChI=1S/C21H15F6NO.ClH/c22-20(23,24)17-7-3-1-5-13(17)9-15-11-28-12-16(19(15)29)10-14-6-2-4-8-18(14)21(25,26)27;/h1-10,28H,11-12H2;1H/b15-9+,16-10+;. The van der Waals surface area contributed by atoms with Crippen LogP contribution in [0.1, 0.15) is 22.3 Å². The highest BCUT2D eigenvalue weighted by molar-refractivity contribution is 6.14. The summed E-state index contributed by atoms with van der Waals surface area (Å²) in [5, 5.41) is 2.85. The fourth-order valence-corrected chi connectivity index (χ4v) is 3.07. The van der Waals surface area contributed by atoms with E-state index in [1.165, 1.54) is 36.4 Å². The molecular weight excluding hydrogens is 432 g/mol. The van der Waals surface area contributed by atoms with Crippen LogP contribution in [0, 0.1) is 0 Å². The third-order valence-corrected chi connectivity index (χ3v) is 4.41. The topological polar surface area (TPSA) is 29.1 Å². The number of benzene rings is 2. The Morgan fingerprint density at radius 1 is 0.700 bits per heavy atom. The van der Waals surface area contributed by atoms with Crippen molar-refractivity contribution in [3.05, 3.63) is 81.9 Å². The molecule has 2 aromatic carbocycles. The molecule has 1 N–H and O–H groups in total. The molecule has 2 aromatic rings. The number of carbonyl (C=O) groups is 1. The van der Waals surface area contributed by atoms with Crippen LogP contribution in [0.4, 0.5) is 26.3 Å². The lowest BCUT2D eigenvalue weighted by molar-refractivity contribution is -0.138. The smallest absolute Gasteiger partial charge is 0.308 e. The summed E-state index contributed by atoms with van der Waals surface area (Å²) in [4.78, 5) is 12.7. The zero-order valence-corrected chi connectivity index (χ0v) is 16.1. The van der Waals surface area contributed by atoms with Crippen molar-refractivity contribution >= 4 is 30.3 Å². The summed E-state index contributed by atoms with van der Waals surface area (Å²) in [6.07, 6.45) is -6.94. The van der Waals surface area contributed by atoms with E-state index in [2.05, 4.69) is 5.32 Å². The van der Waals surface area contributed by atoms with Gasteiger partial charge in [-0.1, -0.05) is 36.4 Å². The minimum atomic E-state index is -4.59. The zero-order valence-electron chi connectivity index (χ0n) is 15.3. The summed E-state index contributed by atoms with van der Waals surface area (Å²) in [6.45, 7) is 0.0343. The van der Waals surface area contributed by atoms with Crippen LogP contribution in [0.2, 0.25) is 0 Å². The molecule has 9 heteroatoms. The first-order chi connectivity index (χ1) is 13.6. The Hall–Kier alpha value is -2.58. The Kier molecular flexibility index (Phi) is 7.15. The molecule has 0 radical (unpaired) electrons. The normalized spacial score (nSPS) is 17.9. The van der Waals surface area contributed by atoms with E-state index in [1.54, 1.807) is 0 Å². The van der Waals surface area contributed by atoms with E-state index < -0.39 is 29.3 Å². The Bertz CT molecular complexity index is 914. The number of ketones is 1. The molecular formula is C21H16ClF6NO. The van der Waals surface area contributed by atoms with Crippen molar-refractivity contribution < 1.29 is 31.1 Å². The maximum Gasteiger partial charge on any atom is 0.416 e. The van der Waals surface area contributed by atoms with Crippen LogP contribution >= 0.6 is 12.4 Å². The van der Waals surface area contributed by atoms with Crippen molar-refractivity contribution in [1.82, 2.24) is 5.32 Å². The molecule has 0 aliphatic carbocycles. The van der Waals surface area contributed by atoms with E-state index in [0.29, 0.717) is 0 Å². The fraction of sp³-hybridized carbons (Fsp3) is 0.190. The SMILES string of the molecule is Cl.O=C1/C(=C/c2ccccc2C(F)(F)F)CNC/C1=C\c1ccccc1C(F)(F)F. The summed E-state index contributed by atoms with van der Waals surface area (Å²) in [5.74, 6) is -0.585. The summed E-state index contributed by atoms with van der Waals surface area (Å²) >= 11 is 0. The largest absolute Gasteiger partial charge is 0.416 e. The quantitative estimate of drug-likeness (QED) is 0.466. The molecule has 1 heterocycles. The minimum Gasteiger partial charge on any atom is -0.308 e. The number of Topliss-reactive ketones (excluding diaryl/α,β-unsaturated/α-hetero) is 1. The molecule has 1 aliphatic heterocycles. The zero-order chi connectivity index (χ0) is 21.2. The van der Waals surface area contributed by atoms with Gasteiger partial charge in [0.15, 0.2) is 5.78 Å². The lowest BCUT2D eigenvalue weighted by atomic mass is 9.93. The van der Waals surface area contributed by atoms with Gasteiger partial charge in [0, 0.05) is 24.2 Å². The van der Waals surface area contributed by atoms with Gasteiger partial charge in [-0.3, -0.25) is 4.79 Å². The first-order valence-corrected chi connectivity index (χ1v) is 8.56. The number of hydrogen-bond donors (Lipinski definition) is 1. The van der Waals surface area contributed by atoms with Crippen molar-refractivity contribution in [2.45, 2.75) is 12.4 Å². The van der Waals surface area contributed by atoms with Crippen LogP contribution in [0.5, 0.6) is 0 Å². The number of alkyl halides is 6. The second-order valence-corrected chi connectivity index (χ2v) is 6.44. The van der Waals surface area contributed by atoms with Gasteiger partial charge in [0.25, 0.3) is 0 Å². The molecule has 160 valence electrons. The molecule has 0 aromatic heterocycles. The summed E-state index contributed by atoms with van der Waals surface area (Å²) < 4.78 is 79.0. The molecule has 2 nitrogen and oxygen atoms in total. The van der Waals surface area contributed by atoms with Crippen molar-refractivity contribution in [1.29, 1.82) is 0 Å². The second-order valence-electron chi connectivity index (χ2n) is 6.44. The van der Waals surface area contributed by atoms with Gasteiger partial charge in [-0.2, -0.15) is 26.3 Å². The van der Waals surface area contributed by atoms with E-state index in [-0.39, 0.29) is 47.8 Å². The van der Waals surface area contributed by atoms with Gasteiger partial charge in [0.1, 0.15) is 0 Å². The van der Waals surface area contributed by atoms with Gasteiger partial charge < -0.3 is 5.32 Å². The first-order valence-electron chi connectivity index (χ1n) is 8.56. The van der Waals surface area contributed by atoms with Crippen molar-refractivity contribution in [2.24, 2.45) is 0 Å². The third-order valence-electron chi connectivity index (χ3n) is 4.41. The Morgan fingerprint density at radius 2 is 1.07 bits per heavy atom. The molecule has 3 rings (SSSR count).